The molecular weight excluding hydrogens is 124 g/mol. The molecule has 60 valence electrons. The molecule has 0 bridgehead atoms. The zero-order valence-electron chi connectivity index (χ0n) is 7.15. The van der Waals surface area contributed by atoms with Gasteiger partial charge in [0.25, 0.3) is 0 Å². The molecule has 1 saturated heterocycles. The number of hydrogen-bond donors (Lipinski definition) is 2. The van der Waals surface area contributed by atoms with Crippen LogP contribution < -0.4 is 10.6 Å². The van der Waals surface area contributed by atoms with Crippen LogP contribution in [0.3, 0.4) is 0 Å². The van der Waals surface area contributed by atoms with Gasteiger partial charge in [0.2, 0.25) is 0 Å². The van der Waals surface area contributed by atoms with E-state index in [2.05, 4.69) is 31.4 Å². The van der Waals surface area contributed by atoms with Crippen LogP contribution in [-0.4, -0.2) is 19.3 Å². The summed E-state index contributed by atoms with van der Waals surface area (Å²) in [6.45, 7) is 8.99. The molecule has 2 atom stereocenters. The van der Waals surface area contributed by atoms with E-state index in [0.717, 1.165) is 25.0 Å². The molecular formula is C8H18N2. The lowest BCUT2D eigenvalue weighted by molar-refractivity contribution is 0.242. The average Bonchev–Trinajstić information content (AvgIpc) is 1.88. The highest BCUT2D eigenvalue weighted by molar-refractivity contribution is 4.80. The summed E-state index contributed by atoms with van der Waals surface area (Å²) < 4.78 is 0. The van der Waals surface area contributed by atoms with E-state index in [1.165, 1.54) is 0 Å². The molecule has 1 fully saturated rings. The second-order valence-electron chi connectivity index (χ2n) is 3.58. The molecule has 0 aromatic rings. The zero-order valence-corrected chi connectivity index (χ0v) is 7.15. The molecule has 0 aliphatic carbocycles. The molecule has 0 radical (unpaired) electrons. The quantitative estimate of drug-likeness (QED) is 0.566. The van der Waals surface area contributed by atoms with Crippen molar-refractivity contribution in [3.63, 3.8) is 0 Å². The maximum absolute atomic E-state index is 3.46. The minimum Gasteiger partial charge on any atom is -0.304 e. The van der Waals surface area contributed by atoms with Crippen molar-refractivity contribution in [3.05, 3.63) is 0 Å². The monoisotopic (exact) mass is 142 g/mol. The van der Waals surface area contributed by atoms with Crippen molar-refractivity contribution in [1.82, 2.24) is 10.6 Å². The highest BCUT2D eigenvalue weighted by Crippen LogP contribution is 2.13. The van der Waals surface area contributed by atoms with E-state index < -0.39 is 0 Å². The molecule has 1 aliphatic heterocycles. The molecule has 0 aromatic heterocycles. The molecule has 0 amide bonds. The van der Waals surface area contributed by atoms with Gasteiger partial charge in [0, 0.05) is 19.3 Å². The summed E-state index contributed by atoms with van der Waals surface area (Å²) in [5.41, 5.74) is 0. The van der Waals surface area contributed by atoms with Crippen LogP contribution in [0.4, 0.5) is 0 Å². The smallest absolute Gasteiger partial charge is 0.0456 e. The summed E-state index contributed by atoms with van der Waals surface area (Å²) in [6, 6.07) is 0.709. The highest BCUT2D eigenvalue weighted by atomic mass is 15.1. The third-order valence-electron chi connectivity index (χ3n) is 2.26. The van der Waals surface area contributed by atoms with E-state index in [-0.39, 0.29) is 0 Å². The normalized spacial score (nSPS) is 34.8. The SMILES string of the molecule is CC(C)C1NCNCC1C. The molecule has 2 heteroatoms. The van der Waals surface area contributed by atoms with Gasteiger partial charge in [-0.1, -0.05) is 20.8 Å². The van der Waals surface area contributed by atoms with Gasteiger partial charge in [0.1, 0.15) is 0 Å². The number of rotatable bonds is 1. The van der Waals surface area contributed by atoms with Crippen molar-refractivity contribution in [2.75, 3.05) is 13.2 Å². The van der Waals surface area contributed by atoms with Crippen LogP contribution in [0, 0.1) is 11.8 Å². The summed E-state index contributed by atoms with van der Waals surface area (Å²) in [7, 11) is 0. The lowest BCUT2D eigenvalue weighted by Crippen LogP contribution is -2.52. The standard InChI is InChI=1S/C8H18N2/c1-6(2)8-7(3)4-9-5-10-8/h6-10H,4-5H2,1-3H3. The van der Waals surface area contributed by atoms with Crippen LogP contribution in [0.1, 0.15) is 20.8 Å². The first-order chi connectivity index (χ1) is 4.72. The van der Waals surface area contributed by atoms with Crippen molar-refractivity contribution in [3.8, 4) is 0 Å². The average molecular weight is 142 g/mol. The van der Waals surface area contributed by atoms with Crippen LogP contribution in [0.2, 0.25) is 0 Å². The Hall–Kier alpha value is -0.0800. The van der Waals surface area contributed by atoms with Gasteiger partial charge in [0.15, 0.2) is 0 Å². The molecule has 0 aromatic carbocycles. The minimum absolute atomic E-state index is 0.709. The Balaban J connectivity index is 2.40. The molecule has 2 N–H and O–H groups in total. The molecule has 2 nitrogen and oxygen atoms in total. The third kappa shape index (κ3) is 1.70. The van der Waals surface area contributed by atoms with Gasteiger partial charge in [-0.15, -0.1) is 0 Å². The van der Waals surface area contributed by atoms with Crippen LogP contribution in [0.15, 0.2) is 0 Å². The van der Waals surface area contributed by atoms with Gasteiger partial charge in [-0.3, -0.25) is 0 Å². The van der Waals surface area contributed by atoms with Crippen LogP contribution in [0.25, 0.3) is 0 Å². The van der Waals surface area contributed by atoms with Crippen LogP contribution in [0.5, 0.6) is 0 Å². The second-order valence-corrected chi connectivity index (χ2v) is 3.58. The van der Waals surface area contributed by atoms with E-state index in [1.807, 2.05) is 0 Å². The summed E-state index contributed by atoms with van der Waals surface area (Å²) in [4.78, 5) is 0. The Bertz CT molecular complexity index is 101. The zero-order chi connectivity index (χ0) is 7.56. The number of nitrogens with one attached hydrogen (secondary N) is 2. The van der Waals surface area contributed by atoms with Gasteiger partial charge < -0.3 is 10.6 Å². The minimum atomic E-state index is 0.709. The fraction of sp³-hybridized carbons (Fsp3) is 1.00. The topological polar surface area (TPSA) is 24.1 Å². The summed E-state index contributed by atoms with van der Waals surface area (Å²) in [6.07, 6.45) is 0. The van der Waals surface area contributed by atoms with E-state index in [4.69, 9.17) is 0 Å². The fourth-order valence-electron chi connectivity index (χ4n) is 1.71. The Morgan fingerprint density at radius 3 is 2.50 bits per heavy atom. The molecule has 0 spiro atoms. The molecule has 1 rings (SSSR count). The Labute approximate surface area is 63.4 Å². The van der Waals surface area contributed by atoms with Crippen molar-refractivity contribution in [1.29, 1.82) is 0 Å². The van der Waals surface area contributed by atoms with Crippen molar-refractivity contribution >= 4 is 0 Å². The first kappa shape index (κ1) is 8.02. The van der Waals surface area contributed by atoms with Crippen LogP contribution in [-0.2, 0) is 0 Å². The van der Waals surface area contributed by atoms with Gasteiger partial charge >= 0.3 is 0 Å². The maximum Gasteiger partial charge on any atom is 0.0456 e. The van der Waals surface area contributed by atoms with E-state index >= 15 is 0 Å². The van der Waals surface area contributed by atoms with Gasteiger partial charge in [-0.2, -0.15) is 0 Å². The first-order valence-electron chi connectivity index (χ1n) is 4.16. The van der Waals surface area contributed by atoms with Gasteiger partial charge in [-0.05, 0) is 11.8 Å². The largest absolute Gasteiger partial charge is 0.304 e. The van der Waals surface area contributed by atoms with Crippen molar-refractivity contribution in [2.24, 2.45) is 11.8 Å². The molecule has 2 unspecified atom stereocenters. The Morgan fingerprint density at radius 1 is 1.40 bits per heavy atom. The fourth-order valence-corrected chi connectivity index (χ4v) is 1.71. The van der Waals surface area contributed by atoms with E-state index in [0.29, 0.717) is 6.04 Å². The Kier molecular flexibility index (Phi) is 2.69. The van der Waals surface area contributed by atoms with Crippen molar-refractivity contribution < 1.29 is 0 Å². The predicted octanol–water partition coefficient (Wildman–Crippen LogP) is 0.797. The molecule has 1 heterocycles. The highest BCUT2D eigenvalue weighted by Gasteiger charge is 2.22. The summed E-state index contributed by atoms with van der Waals surface area (Å²) in [5.74, 6) is 1.53. The van der Waals surface area contributed by atoms with Gasteiger partial charge in [-0.25, -0.2) is 0 Å². The number of hydrogen-bond acceptors (Lipinski definition) is 2. The van der Waals surface area contributed by atoms with E-state index in [9.17, 15) is 0 Å². The molecule has 10 heavy (non-hydrogen) atoms. The first-order valence-corrected chi connectivity index (χ1v) is 4.16. The van der Waals surface area contributed by atoms with E-state index in [1.54, 1.807) is 0 Å². The predicted molar refractivity (Wildman–Crippen MR) is 43.8 cm³/mol. The second kappa shape index (κ2) is 3.35. The third-order valence-corrected chi connectivity index (χ3v) is 2.26. The lowest BCUT2D eigenvalue weighted by Gasteiger charge is -2.33. The summed E-state index contributed by atoms with van der Waals surface area (Å²) in [5, 5.41) is 6.77. The van der Waals surface area contributed by atoms with Crippen molar-refractivity contribution in [2.45, 2.75) is 26.8 Å². The molecule has 0 saturated carbocycles. The maximum atomic E-state index is 3.46. The lowest BCUT2D eigenvalue weighted by atomic mass is 9.91. The summed E-state index contributed by atoms with van der Waals surface area (Å²) >= 11 is 0. The Morgan fingerprint density at radius 2 is 2.10 bits per heavy atom. The van der Waals surface area contributed by atoms with Crippen LogP contribution >= 0.6 is 0 Å². The molecule has 1 aliphatic rings. The van der Waals surface area contributed by atoms with Gasteiger partial charge in [0.05, 0.1) is 0 Å².